The Morgan fingerprint density at radius 2 is 1.62 bits per heavy atom. The average Bonchev–Trinajstić information content (AvgIpc) is 2.88. The molecule has 0 aliphatic rings. The summed E-state index contributed by atoms with van der Waals surface area (Å²) in [6, 6.07) is 25.7. The monoisotopic (exact) mass is 470 g/mol. The van der Waals surface area contributed by atoms with Gasteiger partial charge in [0, 0.05) is 23.6 Å². The molecule has 0 spiro atoms. The third kappa shape index (κ3) is 5.93. The van der Waals surface area contributed by atoms with E-state index < -0.39 is 11.8 Å². The summed E-state index contributed by atoms with van der Waals surface area (Å²) < 4.78 is 5.74. The molecule has 3 N–H and O–H groups in total. The standard InChI is InChI=1S/C26H22N4O3S/c31-24(19-11-13-20(14-12-19)33-17-15-18-6-2-1-3-7-18)28-26(34)30-29-25(32)22-8-4-10-23-21(22)9-5-16-27-23/h1-14,16H,15,17H2,(H,29,32)(H2,28,30,31,34). The molecule has 0 bridgehead atoms. The maximum Gasteiger partial charge on any atom is 0.270 e. The van der Waals surface area contributed by atoms with E-state index in [1.807, 2.05) is 30.3 Å². The highest BCUT2D eigenvalue weighted by molar-refractivity contribution is 7.80. The summed E-state index contributed by atoms with van der Waals surface area (Å²) in [5.41, 5.74) is 7.81. The van der Waals surface area contributed by atoms with Crippen LogP contribution in [0.1, 0.15) is 26.3 Å². The summed E-state index contributed by atoms with van der Waals surface area (Å²) in [5.74, 6) is -0.130. The highest BCUT2D eigenvalue weighted by Crippen LogP contribution is 2.16. The molecule has 7 nitrogen and oxygen atoms in total. The van der Waals surface area contributed by atoms with Crippen molar-refractivity contribution in [1.29, 1.82) is 0 Å². The number of hydrazine groups is 1. The highest BCUT2D eigenvalue weighted by atomic mass is 32.1. The van der Waals surface area contributed by atoms with Crippen molar-refractivity contribution in [2.75, 3.05) is 6.61 Å². The number of nitrogens with zero attached hydrogens (tertiary/aromatic N) is 1. The van der Waals surface area contributed by atoms with Gasteiger partial charge in [0.2, 0.25) is 0 Å². The fourth-order valence-corrected chi connectivity index (χ4v) is 3.47. The number of carbonyl (C=O) groups excluding carboxylic acids is 2. The Bertz CT molecular complexity index is 1310. The Morgan fingerprint density at radius 1 is 0.824 bits per heavy atom. The van der Waals surface area contributed by atoms with Crippen molar-refractivity contribution in [3.05, 3.63) is 108 Å². The van der Waals surface area contributed by atoms with Gasteiger partial charge < -0.3 is 4.74 Å². The van der Waals surface area contributed by atoms with Crippen LogP contribution in [0.3, 0.4) is 0 Å². The van der Waals surface area contributed by atoms with Gasteiger partial charge in [-0.1, -0.05) is 42.5 Å². The Hall–Kier alpha value is -4.30. The number of fused-ring (bicyclic) bond motifs is 1. The molecular weight excluding hydrogens is 448 g/mol. The smallest absolute Gasteiger partial charge is 0.270 e. The average molecular weight is 471 g/mol. The van der Waals surface area contributed by atoms with Crippen molar-refractivity contribution in [3.8, 4) is 5.75 Å². The lowest BCUT2D eigenvalue weighted by atomic mass is 10.1. The van der Waals surface area contributed by atoms with Crippen LogP contribution < -0.4 is 20.9 Å². The fraction of sp³-hybridized carbons (Fsp3) is 0.0769. The third-order valence-corrected chi connectivity index (χ3v) is 5.23. The number of hydrogen-bond acceptors (Lipinski definition) is 5. The molecule has 0 saturated carbocycles. The molecule has 0 aliphatic heterocycles. The minimum absolute atomic E-state index is 0.0279. The number of rotatable bonds is 6. The van der Waals surface area contributed by atoms with Gasteiger partial charge in [-0.3, -0.25) is 30.7 Å². The van der Waals surface area contributed by atoms with E-state index in [1.54, 1.807) is 48.7 Å². The van der Waals surface area contributed by atoms with E-state index in [0.29, 0.717) is 34.4 Å². The SMILES string of the molecule is O=C(NC(=S)NNC(=O)c1cccc2ncccc12)c1ccc(OCCc2ccccc2)cc1. The fourth-order valence-electron chi connectivity index (χ4n) is 3.32. The van der Waals surface area contributed by atoms with Crippen LogP contribution >= 0.6 is 12.2 Å². The number of pyridine rings is 1. The Morgan fingerprint density at radius 3 is 2.41 bits per heavy atom. The van der Waals surface area contributed by atoms with Crippen LogP contribution in [0.15, 0.2) is 91.1 Å². The molecular formula is C26H22N4O3S. The van der Waals surface area contributed by atoms with Crippen molar-refractivity contribution >= 4 is 40.0 Å². The number of amides is 2. The van der Waals surface area contributed by atoms with Crippen molar-refractivity contribution in [1.82, 2.24) is 21.2 Å². The molecule has 0 saturated heterocycles. The lowest BCUT2D eigenvalue weighted by Gasteiger charge is -2.12. The molecule has 0 fully saturated rings. The Labute approximate surface area is 202 Å². The van der Waals surface area contributed by atoms with Gasteiger partial charge in [0.05, 0.1) is 17.7 Å². The molecule has 0 aliphatic carbocycles. The van der Waals surface area contributed by atoms with E-state index in [0.717, 1.165) is 6.42 Å². The second-order valence-corrected chi connectivity index (χ2v) is 7.75. The van der Waals surface area contributed by atoms with E-state index in [2.05, 4.69) is 33.3 Å². The second kappa shape index (κ2) is 11.0. The van der Waals surface area contributed by atoms with Crippen molar-refractivity contribution in [2.45, 2.75) is 6.42 Å². The van der Waals surface area contributed by atoms with Crippen LogP contribution in [0, 0.1) is 0 Å². The van der Waals surface area contributed by atoms with Crippen LogP contribution in [0.25, 0.3) is 10.9 Å². The summed E-state index contributed by atoms with van der Waals surface area (Å²) in [6.07, 6.45) is 2.46. The molecule has 2 amide bonds. The van der Waals surface area contributed by atoms with Crippen LogP contribution in [0.4, 0.5) is 0 Å². The molecule has 4 aromatic rings. The first-order valence-corrected chi connectivity index (χ1v) is 11.0. The van der Waals surface area contributed by atoms with Gasteiger partial charge in [-0.15, -0.1) is 0 Å². The summed E-state index contributed by atoms with van der Waals surface area (Å²) in [4.78, 5) is 29.2. The maximum atomic E-state index is 12.5. The van der Waals surface area contributed by atoms with Crippen molar-refractivity contribution in [3.63, 3.8) is 0 Å². The molecule has 34 heavy (non-hydrogen) atoms. The first-order chi connectivity index (χ1) is 16.6. The van der Waals surface area contributed by atoms with E-state index >= 15 is 0 Å². The van der Waals surface area contributed by atoms with Gasteiger partial charge in [0.25, 0.3) is 11.8 Å². The minimum atomic E-state index is -0.406. The summed E-state index contributed by atoms with van der Waals surface area (Å²) in [6.45, 7) is 0.538. The molecule has 0 radical (unpaired) electrons. The molecule has 0 atom stereocenters. The number of aromatic nitrogens is 1. The van der Waals surface area contributed by atoms with Crippen LogP contribution in [-0.2, 0) is 6.42 Å². The van der Waals surface area contributed by atoms with E-state index in [-0.39, 0.29) is 5.11 Å². The normalized spacial score (nSPS) is 10.4. The first kappa shape index (κ1) is 22.9. The van der Waals surface area contributed by atoms with Crippen molar-refractivity contribution in [2.24, 2.45) is 0 Å². The minimum Gasteiger partial charge on any atom is -0.493 e. The number of carbonyl (C=O) groups is 2. The summed E-state index contributed by atoms with van der Waals surface area (Å²) in [5, 5.41) is 3.22. The van der Waals surface area contributed by atoms with Gasteiger partial charge in [-0.25, -0.2) is 0 Å². The first-order valence-electron chi connectivity index (χ1n) is 10.6. The van der Waals surface area contributed by atoms with Gasteiger partial charge in [-0.2, -0.15) is 0 Å². The lowest BCUT2D eigenvalue weighted by molar-refractivity contribution is 0.0936. The Balaban J connectivity index is 1.25. The predicted octanol–water partition coefficient (Wildman–Crippen LogP) is 3.81. The molecule has 1 aromatic heterocycles. The maximum absolute atomic E-state index is 12.5. The molecule has 3 aromatic carbocycles. The number of nitrogens with one attached hydrogen (secondary N) is 3. The quantitative estimate of drug-likeness (QED) is 0.293. The van der Waals surface area contributed by atoms with Crippen LogP contribution in [0.2, 0.25) is 0 Å². The van der Waals surface area contributed by atoms with Crippen LogP contribution in [0.5, 0.6) is 5.75 Å². The van der Waals surface area contributed by atoms with Gasteiger partial charge in [-0.05, 0) is 60.2 Å². The summed E-state index contributed by atoms with van der Waals surface area (Å²) >= 11 is 5.13. The van der Waals surface area contributed by atoms with Crippen molar-refractivity contribution < 1.29 is 14.3 Å². The van der Waals surface area contributed by atoms with Crippen LogP contribution in [-0.4, -0.2) is 28.5 Å². The number of ether oxygens (including phenoxy) is 1. The lowest BCUT2D eigenvalue weighted by Crippen LogP contribution is -2.48. The van der Waals surface area contributed by atoms with E-state index in [9.17, 15) is 9.59 Å². The summed E-state index contributed by atoms with van der Waals surface area (Å²) in [7, 11) is 0. The molecule has 8 heteroatoms. The number of hydrogen-bond donors (Lipinski definition) is 3. The van der Waals surface area contributed by atoms with E-state index in [4.69, 9.17) is 17.0 Å². The topological polar surface area (TPSA) is 92.4 Å². The predicted molar refractivity (Wildman–Crippen MR) is 134 cm³/mol. The van der Waals surface area contributed by atoms with E-state index in [1.165, 1.54) is 5.56 Å². The highest BCUT2D eigenvalue weighted by Gasteiger charge is 2.12. The zero-order valence-corrected chi connectivity index (χ0v) is 19.0. The molecule has 1 heterocycles. The largest absolute Gasteiger partial charge is 0.493 e. The molecule has 4 rings (SSSR count). The van der Waals surface area contributed by atoms with Gasteiger partial charge in [0.1, 0.15) is 5.75 Å². The Kier molecular flexibility index (Phi) is 7.42. The third-order valence-electron chi connectivity index (χ3n) is 5.03. The number of thiocarbonyl (C=S) groups is 1. The second-order valence-electron chi connectivity index (χ2n) is 7.35. The zero-order chi connectivity index (χ0) is 23.8. The zero-order valence-electron chi connectivity index (χ0n) is 18.2. The number of benzene rings is 3. The van der Waals surface area contributed by atoms with Gasteiger partial charge in [0.15, 0.2) is 5.11 Å². The molecule has 0 unspecified atom stereocenters. The molecule has 170 valence electrons. The van der Waals surface area contributed by atoms with Gasteiger partial charge >= 0.3 is 0 Å².